The Morgan fingerprint density at radius 2 is 1.84 bits per heavy atom. The summed E-state index contributed by atoms with van der Waals surface area (Å²) in [6, 6.07) is 11.6. The van der Waals surface area contributed by atoms with Gasteiger partial charge in [-0.3, -0.25) is 4.79 Å². The molecule has 2 bridgehead atoms. The highest BCUT2D eigenvalue weighted by molar-refractivity contribution is 5.93. The Morgan fingerprint density at radius 1 is 1.00 bits per heavy atom. The number of carbonyl (C=O) groups is 1. The molecule has 2 aliphatic heterocycles. The summed E-state index contributed by atoms with van der Waals surface area (Å²) >= 11 is 0. The summed E-state index contributed by atoms with van der Waals surface area (Å²) in [5.74, 6) is 2.96. The molecule has 1 N–H and O–H groups in total. The number of aryl methyl sites for hydroxylation is 1. The zero-order chi connectivity index (χ0) is 29.5. The third-order valence-corrected chi connectivity index (χ3v) is 8.13. The third-order valence-electron chi connectivity index (χ3n) is 8.13. The van der Waals surface area contributed by atoms with Crippen LogP contribution in [0, 0.1) is 6.92 Å². The SMILES string of the molecule is C=CC(=O)N1[C@@H]2CC[C@H]1CC(Oc1cc3c(Nc4ccc(Oc5cc6ncnn6cn5)c(C)c4)ncnc3cc1OC)C2. The fraction of sp³-hybridized carbons (Fsp3) is 0.290. The molecule has 5 heterocycles. The van der Waals surface area contributed by atoms with Gasteiger partial charge in [0.25, 0.3) is 0 Å². The molecule has 218 valence electrons. The van der Waals surface area contributed by atoms with Crippen molar-refractivity contribution in [2.24, 2.45) is 0 Å². The van der Waals surface area contributed by atoms with Crippen LogP contribution in [0.4, 0.5) is 11.5 Å². The Labute approximate surface area is 247 Å². The smallest absolute Gasteiger partial charge is 0.246 e. The Kier molecular flexibility index (Phi) is 6.72. The van der Waals surface area contributed by atoms with Crippen LogP contribution in [0.3, 0.4) is 0 Å². The van der Waals surface area contributed by atoms with Gasteiger partial charge in [0.15, 0.2) is 17.1 Å². The van der Waals surface area contributed by atoms with Crippen molar-refractivity contribution >= 4 is 34.0 Å². The number of benzene rings is 2. The fourth-order valence-electron chi connectivity index (χ4n) is 6.14. The summed E-state index contributed by atoms with van der Waals surface area (Å²) in [6.45, 7) is 5.64. The monoisotopic (exact) mass is 578 g/mol. The first-order valence-corrected chi connectivity index (χ1v) is 14.1. The van der Waals surface area contributed by atoms with Crippen LogP contribution < -0.4 is 19.5 Å². The summed E-state index contributed by atoms with van der Waals surface area (Å²) in [6.07, 6.45) is 9.43. The maximum Gasteiger partial charge on any atom is 0.246 e. The molecule has 2 saturated heterocycles. The van der Waals surface area contributed by atoms with E-state index in [-0.39, 0.29) is 24.1 Å². The van der Waals surface area contributed by atoms with E-state index in [0.29, 0.717) is 34.6 Å². The van der Waals surface area contributed by atoms with Gasteiger partial charge < -0.3 is 24.4 Å². The number of anilines is 2. The molecule has 43 heavy (non-hydrogen) atoms. The summed E-state index contributed by atoms with van der Waals surface area (Å²) in [7, 11) is 1.62. The zero-order valence-electron chi connectivity index (χ0n) is 23.8. The van der Waals surface area contributed by atoms with E-state index in [2.05, 4.69) is 36.9 Å². The number of nitrogens with one attached hydrogen (secondary N) is 1. The molecule has 2 fully saturated rings. The second-order valence-electron chi connectivity index (χ2n) is 10.8. The second-order valence-corrected chi connectivity index (χ2v) is 10.8. The molecule has 7 rings (SSSR count). The number of piperidine rings is 1. The van der Waals surface area contributed by atoms with Crippen LogP contribution in [0.25, 0.3) is 16.6 Å². The maximum absolute atomic E-state index is 12.4. The van der Waals surface area contributed by atoms with Gasteiger partial charge in [-0.2, -0.15) is 5.10 Å². The fourth-order valence-corrected chi connectivity index (χ4v) is 6.14. The molecule has 1 amide bonds. The summed E-state index contributed by atoms with van der Waals surface area (Å²) < 4.78 is 19.8. The lowest BCUT2D eigenvalue weighted by Gasteiger charge is -2.38. The van der Waals surface area contributed by atoms with Gasteiger partial charge in [0.1, 0.15) is 36.7 Å². The van der Waals surface area contributed by atoms with Crippen molar-refractivity contribution < 1.29 is 19.0 Å². The molecule has 3 atom stereocenters. The molecule has 12 heteroatoms. The van der Waals surface area contributed by atoms with Crippen LogP contribution >= 0.6 is 0 Å². The van der Waals surface area contributed by atoms with Crippen molar-refractivity contribution in [1.82, 2.24) is 34.4 Å². The summed E-state index contributed by atoms with van der Waals surface area (Å²) in [5, 5.41) is 8.28. The van der Waals surface area contributed by atoms with E-state index in [1.165, 1.54) is 18.7 Å². The average Bonchev–Trinajstić information content (AvgIpc) is 3.59. The van der Waals surface area contributed by atoms with Crippen molar-refractivity contribution in [3.63, 3.8) is 0 Å². The zero-order valence-corrected chi connectivity index (χ0v) is 23.8. The van der Waals surface area contributed by atoms with Crippen LogP contribution in [-0.4, -0.2) is 65.7 Å². The topological polar surface area (TPSA) is 129 Å². The minimum Gasteiger partial charge on any atom is -0.493 e. The standard InChI is InChI=1S/C31H30N8O4/c1-4-30(40)39-20-6-7-21(39)11-22(10-20)42-27-12-23-24(13-26(27)41-3)32-15-34-31(23)37-19-5-8-25(18(2)9-19)43-29-14-28-33-16-36-38(28)17-35-29/h4-5,8-9,12-17,20-22H,1,6-7,10-11H2,2-3H3,(H,32,34,37)/t20-,21+,22?. The van der Waals surface area contributed by atoms with Gasteiger partial charge in [0, 0.05) is 48.1 Å². The number of nitrogens with zero attached hydrogens (tertiary/aromatic N) is 7. The number of amides is 1. The number of hydrogen-bond donors (Lipinski definition) is 1. The van der Waals surface area contributed by atoms with Gasteiger partial charge in [0.05, 0.1) is 12.6 Å². The van der Waals surface area contributed by atoms with Crippen LogP contribution in [-0.2, 0) is 4.79 Å². The third kappa shape index (κ3) is 5.05. The quantitative estimate of drug-likeness (QED) is 0.251. The molecule has 0 radical (unpaired) electrons. The lowest BCUT2D eigenvalue weighted by atomic mass is 9.99. The van der Waals surface area contributed by atoms with Gasteiger partial charge in [-0.1, -0.05) is 6.58 Å². The minimum absolute atomic E-state index is 0.00183. The number of carbonyl (C=O) groups excluding carboxylic acids is 1. The number of ether oxygens (including phenoxy) is 3. The van der Waals surface area contributed by atoms with E-state index in [4.69, 9.17) is 14.2 Å². The summed E-state index contributed by atoms with van der Waals surface area (Å²) in [5.41, 5.74) is 3.12. The molecule has 3 aromatic heterocycles. The van der Waals surface area contributed by atoms with E-state index < -0.39 is 0 Å². The second kappa shape index (κ2) is 10.9. The van der Waals surface area contributed by atoms with Crippen LogP contribution in [0.5, 0.6) is 23.1 Å². The van der Waals surface area contributed by atoms with Crippen LogP contribution in [0.15, 0.2) is 68.0 Å². The first-order valence-electron chi connectivity index (χ1n) is 14.1. The highest BCUT2D eigenvalue weighted by Crippen LogP contribution is 2.41. The number of hydrogen-bond acceptors (Lipinski definition) is 10. The molecule has 0 saturated carbocycles. The number of methoxy groups -OCH3 is 1. The van der Waals surface area contributed by atoms with Gasteiger partial charge in [-0.25, -0.2) is 24.5 Å². The minimum atomic E-state index is -0.0334. The van der Waals surface area contributed by atoms with Gasteiger partial charge >= 0.3 is 0 Å². The molecule has 0 aliphatic carbocycles. The van der Waals surface area contributed by atoms with Gasteiger partial charge in [-0.15, -0.1) is 0 Å². The molecule has 0 spiro atoms. The lowest BCUT2D eigenvalue weighted by molar-refractivity contribution is -0.131. The molecule has 2 aliphatic rings. The van der Waals surface area contributed by atoms with Crippen molar-refractivity contribution in [3.8, 4) is 23.1 Å². The number of aromatic nitrogens is 6. The van der Waals surface area contributed by atoms with E-state index in [1.54, 1.807) is 24.0 Å². The lowest BCUT2D eigenvalue weighted by Crippen LogP contribution is -2.48. The van der Waals surface area contributed by atoms with Crippen molar-refractivity contribution in [1.29, 1.82) is 0 Å². The molecular weight excluding hydrogens is 548 g/mol. The Morgan fingerprint density at radius 3 is 2.60 bits per heavy atom. The van der Waals surface area contributed by atoms with Crippen molar-refractivity contribution in [2.75, 3.05) is 12.4 Å². The molecule has 12 nitrogen and oxygen atoms in total. The molecule has 2 aromatic carbocycles. The highest BCUT2D eigenvalue weighted by atomic mass is 16.5. The van der Waals surface area contributed by atoms with Crippen LogP contribution in [0.1, 0.15) is 31.2 Å². The number of rotatable bonds is 8. The summed E-state index contributed by atoms with van der Waals surface area (Å²) in [4.78, 5) is 31.8. The maximum atomic E-state index is 12.4. The molecular formula is C31H30N8O4. The number of fused-ring (bicyclic) bond motifs is 4. The van der Waals surface area contributed by atoms with Gasteiger partial charge in [0.2, 0.25) is 11.8 Å². The Balaban J connectivity index is 1.12. The Bertz CT molecular complexity index is 1840. The van der Waals surface area contributed by atoms with E-state index in [9.17, 15) is 4.79 Å². The predicted molar refractivity (Wildman–Crippen MR) is 159 cm³/mol. The van der Waals surface area contributed by atoms with Crippen LogP contribution in [0.2, 0.25) is 0 Å². The highest BCUT2D eigenvalue weighted by Gasteiger charge is 2.43. The largest absolute Gasteiger partial charge is 0.493 e. The van der Waals surface area contributed by atoms with E-state index in [1.807, 2.05) is 42.2 Å². The van der Waals surface area contributed by atoms with E-state index >= 15 is 0 Å². The predicted octanol–water partition coefficient (Wildman–Crippen LogP) is 5.01. The van der Waals surface area contributed by atoms with E-state index in [0.717, 1.165) is 47.8 Å². The normalized spacial score (nSPS) is 19.4. The molecule has 1 unspecified atom stereocenters. The molecule has 5 aromatic rings. The van der Waals surface area contributed by atoms with Crippen molar-refractivity contribution in [2.45, 2.75) is 50.8 Å². The average molecular weight is 579 g/mol. The first kappa shape index (κ1) is 26.6. The van der Waals surface area contributed by atoms with Gasteiger partial charge in [-0.05, 0) is 55.7 Å². The first-order chi connectivity index (χ1) is 21.0. The Hall–Kier alpha value is -5.26. The van der Waals surface area contributed by atoms with Crippen molar-refractivity contribution in [3.05, 3.63) is 73.6 Å².